The number of ether oxygens (including phenoxy) is 3. The number of nitro benzene ring substituents is 1. The molecule has 1 atom stereocenters. The number of hydrogen-bond donors (Lipinski definition) is 3. The molecule has 1 fully saturated rings. The number of rotatable bonds is 19. The molecule has 3 N–H and O–H groups in total. The normalized spacial score (nSPS) is 16.1. The van der Waals surface area contributed by atoms with E-state index in [0.717, 1.165) is 29.2 Å². The summed E-state index contributed by atoms with van der Waals surface area (Å²) >= 11 is 0. The average molecular weight is 715 g/mol. The fraction of sp³-hybridized carbons (Fsp3) is 0.400. The molecular formula is C30H34N8O11S. The van der Waals surface area contributed by atoms with Crippen LogP contribution in [0.1, 0.15) is 39.3 Å². The standard InChI is InChI=1S/C30H34N8O11S/c39-26-9-8-25(28(40)33-26)37-29(41)23-2-1-3-24(27(23)30(37)42)31-10-13-47-16-17-48-15-12-36-18-20(34-35-36)19-49-14-11-32-50(45,46)22-6-4-21(5-7-22)38(43)44/h1-7,18,25,31-32H,8-17,19H2,(H,33,39,40). The van der Waals surface area contributed by atoms with Crippen LogP contribution in [0.15, 0.2) is 53.6 Å². The molecule has 2 aliphatic rings. The van der Waals surface area contributed by atoms with Crippen LogP contribution < -0.4 is 15.4 Å². The number of nitro groups is 1. The van der Waals surface area contributed by atoms with Crippen molar-refractivity contribution < 1.29 is 46.7 Å². The molecule has 1 unspecified atom stereocenters. The van der Waals surface area contributed by atoms with E-state index in [2.05, 4.69) is 25.7 Å². The Morgan fingerprint density at radius 1 is 0.940 bits per heavy atom. The highest BCUT2D eigenvalue weighted by molar-refractivity contribution is 7.89. The molecule has 3 heterocycles. The van der Waals surface area contributed by atoms with Gasteiger partial charge in [-0.1, -0.05) is 11.3 Å². The number of amides is 4. The molecule has 5 rings (SSSR count). The molecule has 2 aliphatic heterocycles. The van der Waals surface area contributed by atoms with Gasteiger partial charge in [0.15, 0.2) is 0 Å². The van der Waals surface area contributed by atoms with Crippen molar-refractivity contribution in [3.8, 4) is 0 Å². The van der Waals surface area contributed by atoms with Crippen LogP contribution in [0.2, 0.25) is 0 Å². The molecule has 2 aromatic carbocycles. The number of non-ortho nitro benzene ring substituents is 1. The second-order valence-electron chi connectivity index (χ2n) is 11.0. The van der Waals surface area contributed by atoms with Gasteiger partial charge in [-0.25, -0.2) is 17.8 Å². The largest absolute Gasteiger partial charge is 0.382 e. The maximum absolute atomic E-state index is 13.2. The topological polar surface area (TPSA) is 243 Å². The fourth-order valence-corrected chi connectivity index (χ4v) is 6.18. The van der Waals surface area contributed by atoms with E-state index in [4.69, 9.17) is 14.2 Å². The third kappa shape index (κ3) is 8.90. The van der Waals surface area contributed by atoms with Crippen molar-refractivity contribution in [2.75, 3.05) is 51.4 Å². The number of carbonyl (C=O) groups is 4. The number of piperidine rings is 1. The smallest absolute Gasteiger partial charge is 0.269 e. The third-order valence-corrected chi connectivity index (χ3v) is 9.08. The van der Waals surface area contributed by atoms with Gasteiger partial charge in [-0.15, -0.1) is 5.10 Å². The van der Waals surface area contributed by atoms with Crippen molar-refractivity contribution >= 4 is 45.0 Å². The quantitative estimate of drug-likeness (QED) is 0.0652. The molecular weight excluding hydrogens is 680 g/mol. The lowest BCUT2D eigenvalue weighted by Crippen LogP contribution is -2.54. The van der Waals surface area contributed by atoms with Gasteiger partial charge in [-0.05, 0) is 30.7 Å². The predicted octanol–water partition coefficient (Wildman–Crippen LogP) is 0.228. The zero-order valence-electron chi connectivity index (χ0n) is 26.6. The Kier molecular flexibility index (Phi) is 11.9. The average Bonchev–Trinajstić information content (AvgIpc) is 3.65. The number of aromatic nitrogens is 3. The predicted molar refractivity (Wildman–Crippen MR) is 171 cm³/mol. The van der Waals surface area contributed by atoms with Gasteiger partial charge in [0.05, 0.1) is 73.3 Å². The van der Waals surface area contributed by atoms with E-state index < -0.39 is 44.6 Å². The fourth-order valence-electron chi connectivity index (χ4n) is 5.17. The lowest BCUT2D eigenvalue weighted by molar-refractivity contribution is -0.384. The molecule has 1 aromatic heterocycles. The van der Waals surface area contributed by atoms with Crippen LogP contribution in [0.25, 0.3) is 0 Å². The van der Waals surface area contributed by atoms with Crippen LogP contribution >= 0.6 is 0 Å². The highest BCUT2D eigenvalue weighted by atomic mass is 32.2. The Balaban J connectivity index is 0.924. The van der Waals surface area contributed by atoms with Crippen molar-refractivity contribution in [3.05, 3.63) is 75.6 Å². The number of nitrogens with one attached hydrogen (secondary N) is 3. The van der Waals surface area contributed by atoms with Gasteiger partial charge in [-0.3, -0.25) is 39.5 Å². The Bertz CT molecular complexity index is 1850. The number of imide groups is 2. The van der Waals surface area contributed by atoms with Crippen molar-refractivity contribution in [3.63, 3.8) is 0 Å². The number of hydrogen-bond acceptors (Lipinski definition) is 14. The monoisotopic (exact) mass is 714 g/mol. The second-order valence-corrected chi connectivity index (χ2v) is 12.8. The first kappa shape index (κ1) is 36.1. The zero-order chi connectivity index (χ0) is 35.7. The molecule has 1 saturated heterocycles. The van der Waals surface area contributed by atoms with Gasteiger partial charge in [0.2, 0.25) is 21.8 Å². The third-order valence-electron chi connectivity index (χ3n) is 7.60. The Morgan fingerprint density at radius 3 is 2.42 bits per heavy atom. The maximum Gasteiger partial charge on any atom is 0.269 e. The van der Waals surface area contributed by atoms with Crippen LogP contribution in [-0.4, -0.2) is 109 Å². The lowest BCUT2D eigenvalue weighted by atomic mass is 10.0. The number of benzene rings is 2. The minimum Gasteiger partial charge on any atom is -0.382 e. The zero-order valence-corrected chi connectivity index (χ0v) is 27.4. The number of anilines is 1. The lowest BCUT2D eigenvalue weighted by Gasteiger charge is -2.27. The van der Waals surface area contributed by atoms with Crippen molar-refractivity contribution in [2.45, 2.75) is 36.9 Å². The summed E-state index contributed by atoms with van der Waals surface area (Å²) in [5.74, 6) is -2.27. The SMILES string of the molecule is O=C1CCC(N2C(=O)c3cccc(NCCOCCOCCn4cc(COCCNS(=O)(=O)c5ccc([N+](=O)[O-])cc5)nn4)c3C2=O)C(=O)N1. The van der Waals surface area contributed by atoms with Gasteiger partial charge < -0.3 is 19.5 Å². The summed E-state index contributed by atoms with van der Waals surface area (Å²) in [6, 6.07) is 8.34. The first-order valence-electron chi connectivity index (χ1n) is 15.5. The maximum atomic E-state index is 13.2. The van der Waals surface area contributed by atoms with Crippen molar-refractivity contribution in [1.82, 2.24) is 29.9 Å². The minimum absolute atomic E-state index is 0.0143. The van der Waals surface area contributed by atoms with Crippen LogP contribution in [0.4, 0.5) is 11.4 Å². The van der Waals surface area contributed by atoms with Crippen molar-refractivity contribution in [1.29, 1.82) is 0 Å². The summed E-state index contributed by atoms with van der Waals surface area (Å²) in [4.78, 5) is 60.9. The highest BCUT2D eigenvalue weighted by Crippen LogP contribution is 2.32. The van der Waals surface area contributed by atoms with Gasteiger partial charge >= 0.3 is 0 Å². The van der Waals surface area contributed by atoms with Gasteiger partial charge in [0.25, 0.3) is 17.5 Å². The van der Waals surface area contributed by atoms with E-state index in [1.807, 2.05) is 0 Å². The number of nitrogens with zero attached hydrogens (tertiary/aromatic N) is 5. The highest BCUT2D eigenvalue weighted by Gasteiger charge is 2.45. The summed E-state index contributed by atoms with van der Waals surface area (Å²) in [5, 5.41) is 24.0. The molecule has 0 spiro atoms. The van der Waals surface area contributed by atoms with Crippen molar-refractivity contribution in [2.24, 2.45) is 0 Å². The van der Waals surface area contributed by atoms with Gasteiger partial charge in [0, 0.05) is 37.3 Å². The molecule has 0 radical (unpaired) electrons. The molecule has 0 bridgehead atoms. The Hall–Kier alpha value is -5.15. The van der Waals surface area contributed by atoms with E-state index in [1.165, 1.54) is 6.07 Å². The molecule has 4 amide bonds. The molecule has 19 nitrogen and oxygen atoms in total. The van der Waals surface area contributed by atoms with Crippen LogP contribution in [0.3, 0.4) is 0 Å². The molecule has 266 valence electrons. The summed E-state index contributed by atoms with van der Waals surface area (Å²) in [6.07, 6.45) is 1.80. The summed E-state index contributed by atoms with van der Waals surface area (Å²) in [5.41, 5.74) is 1.14. The van der Waals surface area contributed by atoms with Crippen LogP contribution in [0.5, 0.6) is 0 Å². The first-order valence-corrected chi connectivity index (χ1v) is 17.0. The summed E-state index contributed by atoms with van der Waals surface area (Å²) < 4.78 is 45.2. The minimum atomic E-state index is -3.84. The molecule has 3 aromatic rings. The summed E-state index contributed by atoms with van der Waals surface area (Å²) in [7, 11) is -3.84. The number of carbonyl (C=O) groups excluding carboxylic acids is 4. The molecule has 0 saturated carbocycles. The van der Waals surface area contributed by atoms with Crippen LogP contribution in [0, 0.1) is 10.1 Å². The molecule has 0 aliphatic carbocycles. The van der Waals surface area contributed by atoms with E-state index in [1.54, 1.807) is 23.0 Å². The molecule has 50 heavy (non-hydrogen) atoms. The van der Waals surface area contributed by atoms with Crippen LogP contribution in [-0.2, 0) is 47.0 Å². The second kappa shape index (κ2) is 16.5. The van der Waals surface area contributed by atoms with E-state index >= 15 is 0 Å². The number of sulfonamides is 1. The Morgan fingerprint density at radius 2 is 1.68 bits per heavy atom. The molecule has 20 heteroatoms. The van der Waals surface area contributed by atoms with Gasteiger partial charge in [-0.2, -0.15) is 0 Å². The number of fused-ring (bicyclic) bond motifs is 1. The van der Waals surface area contributed by atoms with E-state index in [0.29, 0.717) is 44.3 Å². The van der Waals surface area contributed by atoms with E-state index in [9.17, 15) is 37.7 Å². The van der Waals surface area contributed by atoms with Gasteiger partial charge in [0.1, 0.15) is 11.7 Å². The van der Waals surface area contributed by atoms with E-state index in [-0.39, 0.29) is 60.9 Å². The summed E-state index contributed by atoms with van der Waals surface area (Å²) in [6.45, 7) is 2.16. The first-order chi connectivity index (χ1) is 24.0. The Labute approximate surface area is 285 Å².